The van der Waals surface area contributed by atoms with Crippen molar-refractivity contribution in [3.8, 4) is 0 Å². The number of rotatable bonds is 5. The summed E-state index contributed by atoms with van der Waals surface area (Å²) in [4.78, 5) is 11.8. The van der Waals surface area contributed by atoms with Gasteiger partial charge in [0.1, 0.15) is 0 Å². The van der Waals surface area contributed by atoms with Gasteiger partial charge in [-0.25, -0.2) is 0 Å². The Morgan fingerprint density at radius 3 is 2.43 bits per heavy atom. The standard InChI is InChI=1S/C17H21BrN2O/c1-12(2)9-13-3-5-14(6-4-13)16(19)11-20-10-15(18)7-8-17(20)21/h3-8,10,12,16H,9,11,19H2,1-2H3. The first-order chi connectivity index (χ1) is 9.95. The normalized spacial score (nSPS) is 12.6. The van der Waals surface area contributed by atoms with Crippen LogP contribution in [0, 0.1) is 5.92 Å². The molecule has 2 aromatic rings. The zero-order chi connectivity index (χ0) is 15.4. The van der Waals surface area contributed by atoms with Crippen molar-refractivity contribution in [2.45, 2.75) is 32.9 Å². The summed E-state index contributed by atoms with van der Waals surface area (Å²) >= 11 is 3.37. The predicted molar refractivity (Wildman–Crippen MR) is 90.3 cm³/mol. The fourth-order valence-corrected chi connectivity index (χ4v) is 2.71. The van der Waals surface area contributed by atoms with Crippen LogP contribution < -0.4 is 11.3 Å². The Morgan fingerprint density at radius 1 is 1.14 bits per heavy atom. The van der Waals surface area contributed by atoms with Gasteiger partial charge in [-0.1, -0.05) is 38.1 Å². The van der Waals surface area contributed by atoms with Crippen LogP contribution in [0.15, 0.2) is 51.9 Å². The molecule has 0 saturated heterocycles. The number of aromatic nitrogens is 1. The van der Waals surface area contributed by atoms with Crippen molar-refractivity contribution < 1.29 is 0 Å². The third-order valence-electron chi connectivity index (χ3n) is 3.39. The molecule has 21 heavy (non-hydrogen) atoms. The first-order valence-electron chi connectivity index (χ1n) is 7.16. The van der Waals surface area contributed by atoms with Crippen molar-refractivity contribution in [3.05, 3.63) is 68.5 Å². The molecule has 4 heteroatoms. The van der Waals surface area contributed by atoms with Gasteiger partial charge >= 0.3 is 0 Å². The number of pyridine rings is 1. The van der Waals surface area contributed by atoms with Gasteiger partial charge in [0.25, 0.3) is 5.56 Å². The molecule has 0 radical (unpaired) electrons. The fourth-order valence-electron chi connectivity index (χ4n) is 2.33. The molecule has 0 aliphatic rings. The molecule has 1 aromatic carbocycles. The predicted octanol–water partition coefficient (Wildman–Crippen LogP) is 3.51. The minimum Gasteiger partial charge on any atom is -0.322 e. The maximum atomic E-state index is 11.8. The molecule has 1 unspecified atom stereocenters. The topological polar surface area (TPSA) is 48.0 Å². The molecule has 1 heterocycles. The average molecular weight is 349 g/mol. The van der Waals surface area contributed by atoms with Crippen LogP contribution >= 0.6 is 15.9 Å². The number of nitrogens with two attached hydrogens (primary N) is 1. The molecule has 0 saturated carbocycles. The molecular formula is C17H21BrN2O. The van der Waals surface area contributed by atoms with E-state index in [9.17, 15) is 4.79 Å². The summed E-state index contributed by atoms with van der Waals surface area (Å²) in [6.07, 6.45) is 2.84. The van der Waals surface area contributed by atoms with Gasteiger partial charge in [0.2, 0.25) is 0 Å². The number of benzene rings is 1. The number of hydrogen-bond donors (Lipinski definition) is 1. The van der Waals surface area contributed by atoms with Crippen LogP contribution in [0.1, 0.15) is 31.0 Å². The van der Waals surface area contributed by atoms with Gasteiger partial charge in [0.05, 0.1) is 0 Å². The largest absolute Gasteiger partial charge is 0.322 e. The van der Waals surface area contributed by atoms with Gasteiger partial charge in [0.15, 0.2) is 0 Å². The molecule has 0 aliphatic heterocycles. The van der Waals surface area contributed by atoms with E-state index in [1.165, 1.54) is 5.56 Å². The highest BCUT2D eigenvalue weighted by atomic mass is 79.9. The van der Waals surface area contributed by atoms with Gasteiger partial charge in [-0.3, -0.25) is 4.79 Å². The minimum atomic E-state index is -0.190. The fraction of sp³-hybridized carbons (Fsp3) is 0.353. The van der Waals surface area contributed by atoms with Gasteiger partial charge in [-0.2, -0.15) is 0 Å². The summed E-state index contributed by atoms with van der Waals surface area (Å²) in [6.45, 7) is 4.89. The van der Waals surface area contributed by atoms with Gasteiger partial charge in [-0.05, 0) is 45.5 Å². The second-order valence-corrected chi connectivity index (χ2v) is 6.70. The number of halogens is 1. The zero-order valence-corrected chi connectivity index (χ0v) is 14.0. The summed E-state index contributed by atoms with van der Waals surface area (Å²) in [5.74, 6) is 0.643. The van der Waals surface area contributed by atoms with E-state index < -0.39 is 0 Å². The van der Waals surface area contributed by atoms with E-state index in [0.717, 1.165) is 16.5 Å². The summed E-state index contributed by atoms with van der Waals surface area (Å²) in [6, 6.07) is 11.5. The SMILES string of the molecule is CC(C)Cc1ccc(C(N)Cn2cc(Br)ccc2=O)cc1. The van der Waals surface area contributed by atoms with Crippen molar-refractivity contribution in [1.82, 2.24) is 4.57 Å². The summed E-state index contributed by atoms with van der Waals surface area (Å²) in [7, 11) is 0. The summed E-state index contributed by atoms with van der Waals surface area (Å²) in [5.41, 5.74) is 8.56. The Morgan fingerprint density at radius 2 is 1.81 bits per heavy atom. The molecular weight excluding hydrogens is 328 g/mol. The Kier molecular flexibility index (Phi) is 5.37. The van der Waals surface area contributed by atoms with Crippen molar-refractivity contribution in [2.75, 3.05) is 0 Å². The van der Waals surface area contributed by atoms with E-state index in [0.29, 0.717) is 12.5 Å². The van der Waals surface area contributed by atoms with Crippen molar-refractivity contribution in [2.24, 2.45) is 11.7 Å². The lowest BCUT2D eigenvalue weighted by Crippen LogP contribution is -2.25. The van der Waals surface area contributed by atoms with Gasteiger partial charge in [-0.15, -0.1) is 0 Å². The van der Waals surface area contributed by atoms with E-state index >= 15 is 0 Å². The van der Waals surface area contributed by atoms with Crippen LogP contribution in [0.3, 0.4) is 0 Å². The Hall–Kier alpha value is -1.39. The Balaban J connectivity index is 2.11. The van der Waals surface area contributed by atoms with E-state index in [1.807, 2.05) is 0 Å². The maximum Gasteiger partial charge on any atom is 0.250 e. The van der Waals surface area contributed by atoms with Crippen LogP contribution in [-0.4, -0.2) is 4.57 Å². The van der Waals surface area contributed by atoms with E-state index in [1.54, 1.807) is 22.9 Å². The summed E-state index contributed by atoms with van der Waals surface area (Å²) in [5, 5.41) is 0. The van der Waals surface area contributed by atoms with Crippen LogP contribution in [-0.2, 0) is 13.0 Å². The van der Waals surface area contributed by atoms with E-state index in [-0.39, 0.29) is 11.6 Å². The average Bonchev–Trinajstić information content (AvgIpc) is 2.43. The monoisotopic (exact) mass is 348 g/mol. The molecule has 0 amide bonds. The first kappa shape index (κ1) is 16.0. The molecule has 2 N–H and O–H groups in total. The lowest BCUT2D eigenvalue weighted by Gasteiger charge is -2.15. The molecule has 0 aliphatic carbocycles. The van der Waals surface area contributed by atoms with Crippen LogP contribution in [0.25, 0.3) is 0 Å². The molecule has 1 atom stereocenters. The molecule has 2 rings (SSSR count). The molecule has 1 aromatic heterocycles. The van der Waals surface area contributed by atoms with Crippen LogP contribution in [0.2, 0.25) is 0 Å². The maximum absolute atomic E-state index is 11.8. The molecule has 112 valence electrons. The minimum absolute atomic E-state index is 0.0370. The Labute approximate surface area is 133 Å². The van der Waals surface area contributed by atoms with Crippen molar-refractivity contribution in [3.63, 3.8) is 0 Å². The summed E-state index contributed by atoms with van der Waals surface area (Å²) < 4.78 is 2.51. The molecule has 0 fully saturated rings. The highest BCUT2D eigenvalue weighted by Gasteiger charge is 2.08. The third kappa shape index (κ3) is 4.55. The van der Waals surface area contributed by atoms with Crippen molar-refractivity contribution >= 4 is 15.9 Å². The van der Waals surface area contributed by atoms with Crippen LogP contribution in [0.5, 0.6) is 0 Å². The second kappa shape index (κ2) is 7.05. The van der Waals surface area contributed by atoms with Crippen LogP contribution in [0.4, 0.5) is 0 Å². The third-order valence-corrected chi connectivity index (χ3v) is 3.86. The smallest absolute Gasteiger partial charge is 0.250 e. The quantitative estimate of drug-likeness (QED) is 0.898. The second-order valence-electron chi connectivity index (χ2n) is 5.78. The van der Waals surface area contributed by atoms with Crippen molar-refractivity contribution in [1.29, 1.82) is 0 Å². The first-order valence-corrected chi connectivity index (χ1v) is 7.95. The lowest BCUT2D eigenvalue weighted by molar-refractivity contribution is 0.560. The highest BCUT2D eigenvalue weighted by molar-refractivity contribution is 9.10. The van der Waals surface area contributed by atoms with Gasteiger partial charge < -0.3 is 10.3 Å². The van der Waals surface area contributed by atoms with E-state index in [2.05, 4.69) is 54.0 Å². The lowest BCUT2D eigenvalue weighted by atomic mass is 9.99. The molecule has 0 bridgehead atoms. The van der Waals surface area contributed by atoms with E-state index in [4.69, 9.17) is 5.73 Å². The highest BCUT2D eigenvalue weighted by Crippen LogP contribution is 2.16. The molecule has 0 spiro atoms. The Bertz CT molecular complexity index is 647. The number of nitrogens with zero attached hydrogens (tertiary/aromatic N) is 1. The number of hydrogen-bond acceptors (Lipinski definition) is 2. The zero-order valence-electron chi connectivity index (χ0n) is 12.4. The molecule has 3 nitrogen and oxygen atoms in total. The van der Waals surface area contributed by atoms with Gasteiger partial charge in [0, 0.05) is 29.3 Å².